The number of carbonyl (C=O) groups is 3. The van der Waals surface area contributed by atoms with E-state index in [1.165, 1.54) is 18.9 Å². The lowest BCUT2D eigenvalue weighted by atomic mass is 9.95. The molecule has 4 saturated heterocycles. The Balaban J connectivity index is 1.02. The predicted molar refractivity (Wildman–Crippen MR) is 189 cm³/mol. The van der Waals surface area contributed by atoms with E-state index < -0.39 is 29.5 Å². The topological polar surface area (TPSA) is 117 Å². The van der Waals surface area contributed by atoms with Gasteiger partial charge in [0, 0.05) is 79.2 Å². The molecule has 0 spiro atoms. The summed E-state index contributed by atoms with van der Waals surface area (Å²) >= 11 is 4.75. The second kappa shape index (κ2) is 14.2. The van der Waals surface area contributed by atoms with Crippen LogP contribution in [0.1, 0.15) is 54.5 Å². The first kappa shape index (κ1) is 35.3. The van der Waals surface area contributed by atoms with Crippen molar-refractivity contribution in [2.75, 3.05) is 57.4 Å². The summed E-state index contributed by atoms with van der Waals surface area (Å²) < 4.78 is 41.7. The van der Waals surface area contributed by atoms with Crippen LogP contribution in [-0.2, 0) is 23.9 Å². The number of piperazine rings is 1. The van der Waals surface area contributed by atoms with Gasteiger partial charge in [-0.2, -0.15) is 13.2 Å². The molecule has 7 rings (SSSR count). The van der Waals surface area contributed by atoms with Crippen molar-refractivity contribution in [2.45, 2.75) is 87.9 Å². The summed E-state index contributed by atoms with van der Waals surface area (Å²) in [6, 6.07) is 4.32. The molecule has 5 aliphatic heterocycles. The van der Waals surface area contributed by atoms with Crippen LogP contribution in [0.15, 0.2) is 28.1 Å². The third-order valence-electron chi connectivity index (χ3n) is 11.5. The number of anilines is 2. The molecule has 6 heterocycles. The SMILES string of the molecule is CN1C2CCC1CC(N1CCN(C(=O)[C@@H](Cc3cc(Br)c(N)c(C(F)(F)F)c3)NC(=O)N3CCC(N4Cc5sccc5NC4=O)CC3)CC1)C2. The average molecular weight is 782 g/mol. The first-order valence-corrected chi connectivity index (χ1v) is 19.1. The second-order valence-electron chi connectivity index (χ2n) is 14.3. The van der Waals surface area contributed by atoms with Crippen molar-refractivity contribution >= 4 is 56.6 Å². The molecule has 1 aromatic heterocycles. The molecule has 0 radical (unpaired) electrons. The van der Waals surface area contributed by atoms with Gasteiger partial charge in [-0.3, -0.25) is 9.69 Å². The molecule has 272 valence electrons. The van der Waals surface area contributed by atoms with Gasteiger partial charge in [0.2, 0.25) is 5.91 Å². The molecule has 4 N–H and O–H groups in total. The van der Waals surface area contributed by atoms with E-state index >= 15 is 0 Å². The molecule has 0 saturated carbocycles. The number of carbonyl (C=O) groups excluding carboxylic acids is 3. The van der Waals surface area contributed by atoms with Gasteiger partial charge in [0.15, 0.2) is 0 Å². The number of nitrogens with one attached hydrogen (secondary N) is 2. The third-order valence-corrected chi connectivity index (χ3v) is 13.1. The molecule has 5 aliphatic rings. The lowest BCUT2D eigenvalue weighted by Crippen LogP contribution is -2.60. The molecular weight excluding hydrogens is 737 g/mol. The van der Waals surface area contributed by atoms with Crippen molar-refractivity contribution in [1.82, 2.24) is 29.8 Å². The van der Waals surface area contributed by atoms with Crippen LogP contribution in [0, 0.1) is 0 Å². The van der Waals surface area contributed by atoms with E-state index in [9.17, 15) is 27.6 Å². The third kappa shape index (κ3) is 7.17. The molecule has 2 aromatic rings. The van der Waals surface area contributed by atoms with E-state index in [-0.39, 0.29) is 34.4 Å². The van der Waals surface area contributed by atoms with Crippen LogP contribution in [-0.4, -0.2) is 119 Å². The fraction of sp³-hybridized carbons (Fsp3) is 0.618. The molecule has 0 aliphatic carbocycles. The maximum absolute atomic E-state index is 14.1. The molecule has 1 aromatic carbocycles. The van der Waals surface area contributed by atoms with Crippen LogP contribution in [0.5, 0.6) is 0 Å². The van der Waals surface area contributed by atoms with Gasteiger partial charge in [0.1, 0.15) is 6.04 Å². The number of nitrogens with zero attached hydrogens (tertiary/aromatic N) is 5. The number of thiophene rings is 1. The zero-order chi connectivity index (χ0) is 35.3. The lowest BCUT2D eigenvalue weighted by molar-refractivity contribution is -0.137. The number of hydrogen-bond acceptors (Lipinski definition) is 7. The number of rotatable bonds is 6. The Labute approximate surface area is 302 Å². The Bertz CT molecular complexity index is 1600. The van der Waals surface area contributed by atoms with E-state index in [4.69, 9.17) is 5.73 Å². The molecule has 2 unspecified atom stereocenters. The molecule has 3 atom stereocenters. The summed E-state index contributed by atoms with van der Waals surface area (Å²) in [6.07, 6.45) is 1.05. The molecule has 16 heteroatoms. The summed E-state index contributed by atoms with van der Waals surface area (Å²) in [5.41, 5.74) is 5.43. The van der Waals surface area contributed by atoms with Crippen LogP contribution < -0.4 is 16.4 Å². The van der Waals surface area contributed by atoms with Crippen molar-refractivity contribution in [1.29, 1.82) is 0 Å². The Morgan fingerprint density at radius 1 is 1.00 bits per heavy atom. The number of piperidine rings is 2. The normalized spacial score (nSPS) is 25.7. The van der Waals surface area contributed by atoms with Crippen LogP contribution in [0.4, 0.5) is 34.1 Å². The van der Waals surface area contributed by atoms with Gasteiger partial charge in [-0.15, -0.1) is 11.3 Å². The van der Waals surface area contributed by atoms with E-state index in [1.807, 2.05) is 16.3 Å². The van der Waals surface area contributed by atoms with Crippen LogP contribution >= 0.6 is 27.3 Å². The van der Waals surface area contributed by atoms with Crippen LogP contribution in [0.2, 0.25) is 0 Å². The number of nitrogen functional groups attached to an aromatic ring is 1. The highest BCUT2D eigenvalue weighted by Gasteiger charge is 2.42. The molecule has 11 nitrogen and oxygen atoms in total. The summed E-state index contributed by atoms with van der Waals surface area (Å²) in [7, 11) is 2.22. The smallest absolute Gasteiger partial charge is 0.397 e. The number of likely N-dealkylation sites (tertiary alicyclic amines) is 1. The first-order valence-electron chi connectivity index (χ1n) is 17.4. The summed E-state index contributed by atoms with van der Waals surface area (Å²) in [5.74, 6) is -0.311. The van der Waals surface area contributed by atoms with Crippen molar-refractivity contribution < 1.29 is 27.6 Å². The highest BCUT2D eigenvalue weighted by molar-refractivity contribution is 9.10. The number of hydrogen-bond donors (Lipinski definition) is 3. The quantitative estimate of drug-likeness (QED) is 0.355. The van der Waals surface area contributed by atoms with Gasteiger partial charge < -0.3 is 36.0 Å². The molecule has 4 fully saturated rings. The monoisotopic (exact) mass is 780 g/mol. The van der Waals surface area contributed by atoms with Crippen molar-refractivity contribution in [3.05, 3.63) is 44.1 Å². The van der Waals surface area contributed by atoms with E-state index in [1.54, 1.807) is 21.1 Å². The maximum atomic E-state index is 14.1. The summed E-state index contributed by atoms with van der Waals surface area (Å²) in [6.45, 7) is 3.69. The van der Waals surface area contributed by atoms with Gasteiger partial charge in [0.25, 0.3) is 0 Å². The standard InChI is InChI=1S/C34H44BrF3N8O3S/c1-42-22-2-3-23(42)18-24(17-22)43-9-11-44(12-10-43)31(47)28(16-20-14-25(34(36,37)38)30(39)26(35)15-20)41-32(48)45-7-4-21(5-8-45)46-19-29-27(6-13-50-29)40-33(46)49/h6,13-15,21-24,28H,2-5,7-12,16-19,39H2,1H3,(H,40,49)(H,41,48)/t22?,23?,24?,28-/m1/s1. The number of urea groups is 2. The maximum Gasteiger partial charge on any atom is 0.418 e. The number of fused-ring (bicyclic) bond motifs is 3. The fourth-order valence-electron chi connectivity index (χ4n) is 8.57. The number of amides is 5. The van der Waals surface area contributed by atoms with Crippen molar-refractivity contribution in [3.63, 3.8) is 0 Å². The zero-order valence-corrected chi connectivity index (χ0v) is 30.5. The van der Waals surface area contributed by atoms with Crippen molar-refractivity contribution in [3.8, 4) is 0 Å². The van der Waals surface area contributed by atoms with Gasteiger partial charge >= 0.3 is 18.2 Å². The molecule has 5 amide bonds. The van der Waals surface area contributed by atoms with Crippen molar-refractivity contribution in [2.24, 2.45) is 0 Å². The van der Waals surface area contributed by atoms with Gasteiger partial charge in [0.05, 0.1) is 23.5 Å². The highest BCUT2D eigenvalue weighted by atomic mass is 79.9. The number of alkyl halides is 3. The predicted octanol–water partition coefficient (Wildman–Crippen LogP) is 5.01. The Morgan fingerprint density at radius 2 is 1.68 bits per heavy atom. The van der Waals surface area contributed by atoms with Gasteiger partial charge in [-0.1, -0.05) is 0 Å². The Morgan fingerprint density at radius 3 is 2.34 bits per heavy atom. The van der Waals surface area contributed by atoms with Crippen LogP contribution in [0.3, 0.4) is 0 Å². The molecule has 2 bridgehead atoms. The Kier molecular flexibility index (Phi) is 10.00. The fourth-order valence-corrected chi connectivity index (χ4v) is 9.91. The molecular formula is C34H44BrF3N8O3S. The van der Waals surface area contributed by atoms with E-state index in [0.717, 1.165) is 42.6 Å². The largest absolute Gasteiger partial charge is 0.418 e. The minimum absolute atomic E-state index is 0.0456. The van der Waals surface area contributed by atoms with Gasteiger partial charge in [-0.25, -0.2) is 9.59 Å². The first-order chi connectivity index (χ1) is 23.9. The van der Waals surface area contributed by atoms with Crippen LogP contribution in [0.25, 0.3) is 0 Å². The molecule has 50 heavy (non-hydrogen) atoms. The summed E-state index contributed by atoms with van der Waals surface area (Å²) in [4.78, 5) is 51.9. The second-order valence-corrected chi connectivity index (χ2v) is 16.2. The number of nitrogens with two attached hydrogens (primary N) is 1. The lowest BCUT2D eigenvalue weighted by Gasteiger charge is -2.45. The number of benzene rings is 1. The van der Waals surface area contributed by atoms with E-state index in [2.05, 4.69) is 43.4 Å². The summed E-state index contributed by atoms with van der Waals surface area (Å²) in [5, 5.41) is 7.78. The van der Waals surface area contributed by atoms with E-state index in [0.29, 0.717) is 63.7 Å². The number of halogens is 4. The highest BCUT2D eigenvalue weighted by Crippen LogP contribution is 2.39. The Hall–Kier alpha value is -3.08. The average Bonchev–Trinajstić information content (AvgIpc) is 3.61. The minimum atomic E-state index is -4.68. The zero-order valence-electron chi connectivity index (χ0n) is 28.1. The minimum Gasteiger partial charge on any atom is -0.397 e. The van der Waals surface area contributed by atoms with Gasteiger partial charge in [-0.05, 0) is 90.6 Å².